The number of nitrogens with one attached hydrogen (secondary N) is 1. The lowest BCUT2D eigenvalue weighted by Gasteiger charge is -2.11. The SMILES string of the molecule is CCOc1cc(OCC)c([N+](=O)[O-])cc1/C=N/NS(=O)(=O)c1ccc(Cl)cc1. The van der Waals surface area contributed by atoms with Crippen LogP contribution >= 0.6 is 11.6 Å². The highest BCUT2D eigenvalue weighted by molar-refractivity contribution is 7.89. The third kappa shape index (κ3) is 5.33. The average Bonchev–Trinajstić information content (AvgIpc) is 2.63. The third-order valence-corrected chi connectivity index (χ3v) is 4.88. The Kier molecular flexibility index (Phi) is 7.18. The van der Waals surface area contributed by atoms with E-state index in [-0.39, 0.29) is 34.3 Å². The van der Waals surface area contributed by atoms with Crippen LogP contribution in [0.2, 0.25) is 5.02 Å². The van der Waals surface area contributed by atoms with Crippen molar-refractivity contribution in [1.29, 1.82) is 0 Å². The number of hydrogen-bond donors (Lipinski definition) is 1. The summed E-state index contributed by atoms with van der Waals surface area (Å²) in [5.41, 5.74) is -0.0666. The van der Waals surface area contributed by atoms with Gasteiger partial charge in [-0.05, 0) is 38.1 Å². The van der Waals surface area contributed by atoms with Gasteiger partial charge in [0.1, 0.15) is 5.75 Å². The first-order valence-corrected chi connectivity index (χ1v) is 10.0. The molecule has 0 bridgehead atoms. The lowest BCUT2D eigenvalue weighted by Crippen LogP contribution is -2.18. The molecule has 0 aliphatic heterocycles. The van der Waals surface area contributed by atoms with E-state index in [0.29, 0.717) is 11.6 Å². The monoisotopic (exact) mass is 427 g/mol. The molecule has 11 heteroatoms. The molecule has 0 atom stereocenters. The van der Waals surface area contributed by atoms with Gasteiger partial charge in [-0.25, -0.2) is 4.83 Å². The number of hydrogen-bond acceptors (Lipinski definition) is 7. The summed E-state index contributed by atoms with van der Waals surface area (Å²) in [4.78, 5) is 12.7. The van der Waals surface area contributed by atoms with Gasteiger partial charge in [-0.15, -0.1) is 0 Å². The first kappa shape index (κ1) is 21.5. The Balaban J connectivity index is 2.33. The van der Waals surface area contributed by atoms with Gasteiger partial charge in [0.2, 0.25) is 5.75 Å². The molecule has 0 saturated heterocycles. The summed E-state index contributed by atoms with van der Waals surface area (Å²) in [6, 6.07) is 8.10. The maximum atomic E-state index is 12.2. The molecule has 9 nitrogen and oxygen atoms in total. The molecule has 0 radical (unpaired) electrons. The maximum Gasteiger partial charge on any atom is 0.311 e. The van der Waals surface area contributed by atoms with E-state index in [4.69, 9.17) is 21.1 Å². The summed E-state index contributed by atoms with van der Waals surface area (Å²) in [5.74, 6) is 0.320. The van der Waals surface area contributed by atoms with Gasteiger partial charge in [-0.3, -0.25) is 10.1 Å². The van der Waals surface area contributed by atoms with E-state index in [9.17, 15) is 18.5 Å². The zero-order valence-electron chi connectivity index (χ0n) is 15.1. The van der Waals surface area contributed by atoms with Gasteiger partial charge in [-0.1, -0.05) is 11.6 Å². The smallest absolute Gasteiger partial charge is 0.311 e. The molecule has 0 spiro atoms. The Hall–Kier alpha value is -2.85. The summed E-state index contributed by atoms with van der Waals surface area (Å²) >= 11 is 5.74. The molecule has 1 N–H and O–H groups in total. The number of hydrazone groups is 1. The molecule has 2 aromatic rings. The standard InChI is InChI=1S/C17H18ClN3O6S/c1-3-26-16-10-17(27-4-2)15(21(22)23)9-12(16)11-19-20-28(24,25)14-7-5-13(18)6-8-14/h5-11,20H,3-4H2,1-2H3/b19-11+. The van der Waals surface area contributed by atoms with Crippen LogP contribution in [-0.2, 0) is 10.0 Å². The molecule has 0 aliphatic carbocycles. The van der Waals surface area contributed by atoms with Crippen molar-refractivity contribution in [2.45, 2.75) is 18.7 Å². The van der Waals surface area contributed by atoms with Crippen molar-refractivity contribution in [3.63, 3.8) is 0 Å². The summed E-state index contributed by atoms with van der Waals surface area (Å²) in [7, 11) is -3.92. The minimum atomic E-state index is -3.92. The molecule has 0 aliphatic rings. The topological polar surface area (TPSA) is 120 Å². The van der Waals surface area contributed by atoms with Crippen molar-refractivity contribution < 1.29 is 22.8 Å². The molecule has 2 aromatic carbocycles. The van der Waals surface area contributed by atoms with E-state index in [0.717, 1.165) is 6.21 Å². The third-order valence-electron chi connectivity index (χ3n) is 3.39. The first-order valence-electron chi connectivity index (χ1n) is 8.17. The van der Waals surface area contributed by atoms with Gasteiger partial charge in [-0.2, -0.15) is 13.5 Å². The van der Waals surface area contributed by atoms with Gasteiger partial charge in [0.05, 0.1) is 29.2 Å². The van der Waals surface area contributed by atoms with Crippen LogP contribution in [0.15, 0.2) is 46.4 Å². The van der Waals surface area contributed by atoms with Gasteiger partial charge < -0.3 is 9.47 Å². The van der Waals surface area contributed by atoms with E-state index in [1.54, 1.807) is 13.8 Å². The largest absolute Gasteiger partial charge is 0.493 e. The highest BCUT2D eigenvalue weighted by Gasteiger charge is 2.20. The van der Waals surface area contributed by atoms with Gasteiger partial charge in [0, 0.05) is 22.7 Å². The number of sulfonamides is 1. The van der Waals surface area contributed by atoms with E-state index in [2.05, 4.69) is 5.10 Å². The molecule has 0 aromatic heterocycles. The van der Waals surface area contributed by atoms with Gasteiger partial charge >= 0.3 is 5.69 Å². The highest BCUT2D eigenvalue weighted by atomic mass is 35.5. The van der Waals surface area contributed by atoms with Crippen LogP contribution < -0.4 is 14.3 Å². The summed E-state index contributed by atoms with van der Waals surface area (Å²) < 4.78 is 35.2. The van der Waals surface area contributed by atoms with E-state index >= 15 is 0 Å². The Morgan fingerprint density at radius 1 is 1.14 bits per heavy atom. The van der Waals surface area contributed by atoms with Crippen molar-refractivity contribution in [2.24, 2.45) is 5.10 Å². The Morgan fingerprint density at radius 2 is 1.75 bits per heavy atom. The first-order chi connectivity index (χ1) is 13.3. The minimum absolute atomic E-state index is 0.0308. The van der Waals surface area contributed by atoms with Crippen molar-refractivity contribution in [1.82, 2.24) is 4.83 Å². The molecular formula is C17H18ClN3O6S. The maximum absolute atomic E-state index is 12.2. The van der Waals surface area contributed by atoms with E-state index in [1.165, 1.54) is 36.4 Å². The van der Waals surface area contributed by atoms with Crippen molar-refractivity contribution in [3.05, 3.63) is 57.1 Å². The molecule has 0 unspecified atom stereocenters. The van der Waals surface area contributed by atoms with Crippen LogP contribution in [0.1, 0.15) is 19.4 Å². The Bertz CT molecular complexity index is 977. The molecule has 0 amide bonds. The van der Waals surface area contributed by atoms with Crippen molar-refractivity contribution in [2.75, 3.05) is 13.2 Å². The van der Waals surface area contributed by atoms with Gasteiger partial charge in [0.25, 0.3) is 10.0 Å². The predicted molar refractivity (Wildman–Crippen MR) is 105 cm³/mol. The second-order valence-electron chi connectivity index (χ2n) is 5.29. The van der Waals surface area contributed by atoms with Gasteiger partial charge in [0.15, 0.2) is 0 Å². The lowest BCUT2D eigenvalue weighted by molar-refractivity contribution is -0.385. The normalized spacial score (nSPS) is 11.4. The zero-order chi connectivity index (χ0) is 20.7. The summed E-state index contributed by atoms with van der Waals surface area (Å²) in [6.45, 7) is 3.97. The second kappa shape index (κ2) is 9.38. The summed E-state index contributed by atoms with van der Waals surface area (Å²) in [5, 5.41) is 15.4. The van der Waals surface area contributed by atoms with Crippen molar-refractivity contribution in [3.8, 4) is 11.5 Å². The minimum Gasteiger partial charge on any atom is -0.493 e. The number of benzene rings is 2. The fraction of sp³-hybridized carbons (Fsp3) is 0.235. The van der Waals surface area contributed by atoms with Crippen LogP contribution in [0.25, 0.3) is 0 Å². The van der Waals surface area contributed by atoms with E-state index in [1.807, 2.05) is 4.83 Å². The number of nitro benzene ring substituents is 1. The molecule has 150 valence electrons. The highest BCUT2D eigenvalue weighted by Crippen LogP contribution is 2.34. The van der Waals surface area contributed by atoms with Crippen molar-refractivity contribution >= 4 is 33.5 Å². The van der Waals surface area contributed by atoms with Crippen LogP contribution in [0.3, 0.4) is 0 Å². The summed E-state index contributed by atoms with van der Waals surface area (Å²) in [6.07, 6.45) is 1.13. The molecule has 2 rings (SSSR count). The fourth-order valence-electron chi connectivity index (χ4n) is 2.19. The van der Waals surface area contributed by atoms with Crippen LogP contribution in [-0.4, -0.2) is 32.8 Å². The molecule has 0 fully saturated rings. The predicted octanol–water partition coefficient (Wildman–Crippen LogP) is 3.36. The molecule has 0 heterocycles. The number of rotatable bonds is 9. The number of nitrogens with zero attached hydrogens (tertiary/aromatic N) is 2. The molecule has 28 heavy (non-hydrogen) atoms. The zero-order valence-corrected chi connectivity index (χ0v) is 16.7. The second-order valence-corrected chi connectivity index (χ2v) is 7.39. The van der Waals surface area contributed by atoms with Crippen LogP contribution in [0.4, 0.5) is 5.69 Å². The number of ether oxygens (including phenoxy) is 2. The molecular weight excluding hydrogens is 410 g/mol. The fourth-order valence-corrected chi connectivity index (χ4v) is 3.11. The Morgan fingerprint density at radius 3 is 2.32 bits per heavy atom. The number of halogens is 1. The van der Waals surface area contributed by atoms with Crippen LogP contribution in [0, 0.1) is 10.1 Å². The van der Waals surface area contributed by atoms with E-state index < -0.39 is 14.9 Å². The Labute approximate surface area is 167 Å². The average molecular weight is 428 g/mol. The quantitative estimate of drug-likeness (QED) is 0.372. The van der Waals surface area contributed by atoms with Crippen LogP contribution in [0.5, 0.6) is 11.5 Å². The number of nitro groups is 1. The lowest BCUT2D eigenvalue weighted by atomic mass is 10.1. The molecule has 0 saturated carbocycles.